The number of hydrogen-bond donors (Lipinski definition) is 3. The number of thioether (sulfide) groups is 1. The molecule has 3 N–H and O–H groups in total. The van der Waals surface area contributed by atoms with E-state index >= 15 is 0 Å². The molecule has 0 bridgehead atoms. The molecule has 0 unspecified atom stereocenters. The van der Waals surface area contributed by atoms with Gasteiger partial charge in [-0.2, -0.15) is 0 Å². The molecule has 12 heteroatoms. The van der Waals surface area contributed by atoms with Gasteiger partial charge in [-0.1, -0.05) is 56.3 Å². The second-order valence-corrected chi connectivity index (χ2v) is 10.2. The van der Waals surface area contributed by atoms with Crippen LogP contribution in [0.15, 0.2) is 58.5 Å². The Bertz CT molecular complexity index is 1340. The third-order valence-corrected chi connectivity index (χ3v) is 7.25. The third kappa shape index (κ3) is 6.38. The molecule has 1 heterocycles. The standard InChI is InChI=1S/C24H28N4O6S2/c1-4-14-25-23(29)27-36(32,33)19-9-7-6-8-18(19)17-12-10-16(11-13-17)15-28-20(5-2)26-21(35-3)22(28)34-24(30)31/h6-13H,4-5,14-15H2,1-3H3,(H,30,31)(H2,25,27,29). The fraction of sp³-hybridized carbons (Fsp3) is 0.292. The highest BCUT2D eigenvalue weighted by molar-refractivity contribution is 7.98. The number of ether oxygens (including phenoxy) is 1. The van der Waals surface area contributed by atoms with Gasteiger partial charge in [-0.3, -0.25) is 4.57 Å². The number of nitrogens with zero attached hydrogens (tertiary/aromatic N) is 2. The van der Waals surface area contributed by atoms with E-state index in [-0.39, 0.29) is 10.8 Å². The lowest BCUT2D eigenvalue weighted by atomic mass is 10.0. The molecule has 0 aliphatic carbocycles. The molecule has 36 heavy (non-hydrogen) atoms. The second-order valence-electron chi connectivity index (χ2n) is 7.70. The van der Waals surface area contributed by atoms with E-state index in [1.54, 1.807) is 41.2 Å². The summed E-state index contributed by atoms with van der Waals surface area (Å²) in [7, 11) is -4.10. The summed E-state index contributed by atoms with van der Waals surface area (Å²) in [6, 6.07) is 12.8. The topological polar surface area (TPSA) is 140 Å². The number of benzene rings is 2. The van der Waals surface area contributed by atoms with E-state index in [9.17, 15) is 18.0 Å². The summed E-state index contributed by atoms with van der Waals surface area (Å²) < 4.78 is 34.6. The first-order valence-electron chi connectivity index (χ1n) is 11.2. The fourth-order valence-corrected chi connectivity index (χ4v) is 5.25. The number of amides is 2. The number of aromatic nitrogens is 2. The van der Waals surface area contributed by atoms with Gasteiger partial charge in [0.1, 0.15) is 5.82 Å². The van der Waals surface area contributed by atoms with Gasteiger partial charge in [-0.05, 0) is 29.9 Å². The van der Waals surface area contributed by atoms with Crippen LogP contribution in [0.5, 0.6) is 5.88 Å². The summed E-state index contributed by atoms with van der Waals surface area (Å²) in [6.45, 7) is 4.47. The van der Waals surface area contributed by atoms with Gasteiger partial charge in [0.15, 0.2) is 5.03 Å². The van der Waals surface area contributed by atoms with Crippen LogP contribution in [-0.4, -0.2) is 48.1 Å². The van der Waals surface area contributed by atoms with Crippen molar-refractivity contribution in [3.05, 3.63) is 59.9 Å². The van der Waals surface area contributed by atoms with E-state index in [4.69, 9.17) is 9.84 Å². The smallest absolute Gasteiger partial charge is 0.449 e. The van der Waals surface area contributed by atoms with Gasteiger partial charge in [0, 0.05) is 18.5 Å². The monoisotopic (exact) mass is 532 g/mol. The molecule has 3 aromatic rings. The number of aryl methyl sites for hydroxylation is 1. The van der Waals surface area contributed by atoms with Crippen molar-refractivity contribution >= 4 is 34.0 Å². The van der Waals surface area contributed by atoms with Crippen LogP contribution in [-0.2, 0) is 23.0 Å². The Hall–Kier alpha value is -3.51. The summed E-state index contributed by atoms with van der Waals surface area (Å²) in [5.41, 5.74) is 1.92. The molecule has 0 spiro atoms. The van der Waals surface area contributed by atoms with Crippen LogP contribution in [0.4, 0.5) is 9.59 Å². The summed E-state index contributed by atoms with van der Waals surface area (Å²) in [5, 5.41) is 12.1. The van der Waals surface area contributed by atoms with Gasteiger partial charge < -0.3 is 15.2 Å². The van der Waals surface area contributed by atoms with E-state index in [0.29, 0.717) is 47.9 Å². The van der Waals surface area contributed by atoms with Crippen LogP contribution >= 0.6 is 11.8 Å². The van der Waals surface area contributed by atoms with Gasteiger partial charge in [-0.15, -0.1) is 11.8 Å². The van der Waals surface area contributed by atoms with Crippen molar-refractivity contribution in [2.45, 2.75) is 43.2 Å². The predicted molar refractivity (Wildman–Crippen MR) is 137 cm³/mol. The molecule has 1 aromatic heterocycles. The molecule has 192 valence electrons. The van der Waals surface area contributed by atoms with E-state index in [1.165, 1.54) is 17.8 Å². The maximum absolute atomic E-state index is 12.9. The number of nitrogens with one attached hydrogen (secondary N) is 2. The Balaban J connectivity index is 1.90. The maximum Gasteiger partial charge on any atom is 0.512 e. The Morgan fingerprint density at radius 3 is 2.42 bits per heavy atom. The Kier molecular flexibility index (Phi) is 8.99. The van der Waals surface area contributed by atoms with Crippen molar-refractivity contribution in [2.24, 2.45) is 0 Å². The first-order valence-corrected chi connectivity index (χ1v) is 13.9. The molecule has 2 aromatic carbocycles. The lowest BCUT2D eigenvalue weighted by Crippen LogP contribution is -2.39. The number of carbonyl (C=O) groups is 2. The highest BCUT2D eigenvalue weighted by atomic mass is 32.2. The quantitative estimate of drug-likeness (QED) is 0.259. The van der Waals surface area contributed by atoms with Crippen molar-refractivity contribution in [1.29, 1.82) is 0 Å². The molecule has 0 fully saturated rings. The molecule has 2 amide bonds. The van der Waals surface area contributed by atoms with Crippen molar-refractivity contribution in [1.82, 2.24) is 19.6 Å². The highest BCUT2D eigenvalue weighted by Gasteiger charge is 2.22. The SMILES string of the molecule is CCCNC(=O)NS(=O)(=O)c1ccccc1-c1ccc(Cn2c(CC)nc(SC)c2OC(=O)O)cc1. The molecule has 0 aliphatic rings. The van der Waals surface area contributed by atoms with Crippen LogP contribution in [0.2, 0.25) is 0 Å². The van der Waals surface area contributed by atoms with Crippen LogP contribution in [0.3, 0.4) is 0 Å². The number of urea groups is 1. The first kappa shape index (κ1) is 27.1. The summed E-state index contributed by atoms with van der Waals surface area (Å²) in [6.07, 6.45) is 1.64. The Labute approximate surface area is 214 Å². The number of carbonyl (C=O) groups excluding carboxylic acids is 1. The van der Waals surface area contributed by atoms with E-state index in [0.717, 1.165) is 5.56 Å². The summed E-state index contributed by atoms with van der Waals surface area (Å²) >= 11 is 1.30. The van der Waals surface area contributed by atoms with Gasteiger partial charge >= 0.3 is 12.2 Å². The predicted octanol–water partition coefficient (Wildman–Crippen LogP) is 4.34. The average molecular weight is 533 g/mol. The highest BCUT2D eigenvalue weighted by Crippen LogP contribution is 2.31. The lowest BCUT2D eigenvalue weighted by Gasteiger charge is -2.13. The van der Waals surface area contributed by atoms with Crippen molar-refractivity contribution < 1.29 is 27.9 Å². The molecule has 0 saturated heterocycles. The maximum atomic E-state index is 12.9. The number of sulfonamides is 1. The van der Waals surface area contributed by atoms with Crippen molar-refractivity contribution in [3.63, 3.8) is 0 Å². The molecule has 0 saturated carbocycles. The fourth-order valence-electron chi connectivity index (χ4n) is 3.57. The van der Waals surface area contributed by atoms with Gasteiger partial charge in [0.05, 0.1) is 11.4 Å². The zero-order valence-corrected chi connectivity index (χ0v) is 21.8. The Morgan fingerprint density at radius 2 is 1.81 bits per heavy atom. The third-order valence-electron chi connectivity index (χ3n) is 5.21. The van der Waals surface area contributed by atoms with Crippen LogP contribution < -0.4 is 14.8 Å². The first-order chi connectivity index (χ1) is 17.2. The molecule has 3 rings (SSSR count). The van der Waals surface area contributed by atoms with E-state index in [1.807, 2.05) is 26.0 Å². The molecular formula is C24H28N4O6S2. The second kappa shape index (κ2) is 12.0. The zero-order chi connectivity index (χ0) is 26.3. The van der Waals surface area contributed by atoms with Crippen molar-refractivity contribution in [2.75, 3.05) is 12.8 Å². The van der Waals surface area contributed by atoms with Gasteiger partial charge in [0.2, 0.25) is 5.88 Å². The minimum atomic E-state index is -4.10. The zero-order valence-electron chi connectivity index (χ0n) is 20.1. The summed E-state index contributed by atoms with van der Waals surface area (Å²) in [4.78, 5) is 27.6. The lowest BCUT2D eigenvalue weighted by molar-refractivity contribution is 0.139. The molecule has 0 aliphatic heterocycles. The van der Waals surface area contributed by atoms with Crippen LogP contribution in [0.25, 0.3) is 11.1 Å². The summed E-state index contributed by atoms with van der Waals surface area (Å²) in [5.74, 6) is 0.850. The molecule has 10 nitrogen and oxygen atoms in total. The minimum absolute atomic E-state index is 0.0194. The average Bonchev–Trinajstić information content (AvgIpc) is 3.18. The van der Waals surface area contributed by atoms with Crippen LogP contribution in [0.1, 0.15) is 31.7 Å². The molecular weight excluding hydrogens is 504 g/mol. The van der Waals surface area contributed by atoms with E-state index in [2.05, 4.69) is 15.0 Å². The largest absolute Gasteiger partial charge is 0.512 e. The van der Waals surface area contributed by atoms with Gasteiger partial charge in [0.25, 0.3) is 10.0 Å². The Morgan fingerprint density at radius 1 is 1.11 bits per heavy atom. The number of carboxylic acid groups (broad SMARTS) is 1. The number of imidazole rings is 1. The van der Waals surface area contributed by atoms with E-state index < -0.39 is 22.2 Å². The normalized spacial score (nSPS) is 11.2. The van der Waals surface area contributed by atoms with Crippen LogP contribution in [0, 0.1) is 0 Å². The number of hydrogen-bond acceptors (Lipinski definition) is 7. The number of rotatable bonds is 10. The van der Waals surface area contributed by atoms with Gasteiger partial charge in [-0.25, -0.2) is 27.7 Å². The molecule has 0 atom stereocenters. The minimum Gasteiger partial charge on any atom is -0.449 e. The van der Waals surface area contributed by atoms with Crippen molar-refractivity contribution in [3.8, 4) is 17.0 Å². The molecule has 0 radical (unpaired) electrons.